The van der Waals surface area contributed by atoms with E-state index >= 15 is 0 Å². The average Bonchev–Trinajstić information content (AvgIpc) is 2.28. The first kappa shape index (κ1) is 13.0. The standard InChI is InChI=1S/C13H22N2O/c1-9-7-13(16-5)10(2)6-11(9)12(15-4)8-14-3/h6-7,12,14-15H,8H2,1-5H3. The molecule has 0 heterocycles. The quantitative estimate of drug-likeness (QED) is 0.797. The smallest absolute Gasteiger partial charge is 0.122 e. The van der Waals surface area contributed by atoms with Crippen molar-refractivity contribution in [3.05, 3.63) is 28.8 Å². The van der Waals surface area contributed by atoms with Crippen LogP contribution in [0.3, 0.4) is 0 Å². The number of nitrogens with one attached hydrogen (secondary N) is 2. The van der Waals surface area contributed by atoms with Gasteiger partial charge in [-0.3, -0.25) is 0 Å². The molecule has 16 heavy (non-hydrogen) atoms. The number of aryl methyl sites for hydroxylation is 2. The van der Waals surface area contributed by atoms with Crippen molar-refractivity contribution in [1.29, 1.82) is 0 Å². The SMILES string of the molecule is CNCC(NC)c1cc(C)c(OC)cc1C. The number of benzene rings is 1. The van der Waals surface area contributed by atoms with Crippen LogP contribution < -0.4 is 15.4 Å². The van der Waals surface area contributed by atoms with Gasteiger partial charge in [0, 0.05) is 12.6 Å². The second kappa shape index (κ2) is 5.87. The Morgan fingerprint density at radius 1 is 1.19 bits per heavy atom. The lowest BCUT2D eigenvalue weighted by molar-refractivity contribution is 0.410. The van der Waals surface area contributed by atoms with Crippen LogP contribution in [0.5, 0.6) is 5.75 Å². The predicted molar refractivity (Wildman–Crippen MR) is 68.2 cm³/mol. The van der Waals surface area contributed by atoms with Gasteiger partial charge in [0.1, 0.15) is 5.75 Å². The van der Waals surface area contributed by atoms with E-state index in [1.54, 1.807) is 7.11 Å². The molecule has 1 aromatic carbocycles. The van der Waals surface area contributed by atoms with Gasteiger partial charge in [-0.1, -0.05) is 6.07 Å². The van der Waals surface area contributed by atoms with Crippen molar-refractivity contribution in [2.45, 2.75) is 19.9 Å². The molecule has 1 atom stereocenters. The van der Waals surface area contributed by atoms with E-state index in [-0.39, 0.29) is 0 Å². The van der Waals surface area contributed by atoms with Crippen LogP contribution in [-0.2, 0) is 0 Å². The summed E-state index contributed by atoms with van der Waals surface area (Å²) in [6.07, 6.45) is 0. The van der Waals surface area contributed by atoms with E-state index in [1.807, 2.05) is 14.1 Å². The van der Waals surface area contributed by atoms with Crippen LogP contribution in [0.2, 0.25) is 0 Å². The highest BCUT2D eigenvalue weighted by atomic mass is 16.5. The number of methoxy groups -OCH3 is 1. The Bertz CT molecular complexity index is 350. The van der Waals surface area contributed by atoms with Gasteiger partial charge in [0.2, 0.25) is 0 Å². The molecule has 3 heteroatoms. The molecule has 90 valence electrons. The van der Waals surface area contributed by atoms with Crippen molar-refractivity contribution in [3.8, 4) is 5.75 Å². The fourth-order valence-electron chi connectivity index (χ4n) is 1.98. The topological polar surface area (TPSA) is 33.3 Å². The number of ether oxygens (including phenoxy) is 1. The van der Waals surface area contributed by atoms with E-state index < -0.39 is 0 Å². The Labute approximate surface area is 98.2 Å². The summed E-state index contributed by atoms with van der Waals surface area (Å²) >= 11 is 0. The van der Waals surface area contributed by atoms with Crippen LogP contribution in [-0.4, -0.2) is 27.7 Å². The van der Waals surface area contributed by atoms with Crippen LogP contribution >= 0.6 is 0 Å². The van der Waals surface area contributed by atoms with Crippen LogP contribution in [0.25, 0.3) is 0 Å². The first-order valence-electron chi connectivity index (χ1n) is 5.61. The molecular weight excluding hydrogens is 200 g/mol. The van der Waals surface area contributed by atoms with Gasteiger partial charge in [0.05, 0.1) is 7.11 Å². The predicted octanol–water partition coefficient (Wildman–Crippen LogP) is 1.79. The van der Waals surface area contributed by atoms with Crippen LogP contribution in [0.4, 0.5) is 0 Å². The average molecular weight is 222 g/mol. The van der Waals surface area contributed by atoms with Gasteiger partial charge in [0.25, 0.3) is 0 Å². The molecule has 1 aromatic rings. The second-order valence-corrected chi connectivity index (χ2v) is 4.08. The first-order valence-corrected chi connectivity index (χ1v) is 5.61. The summed E-state index contributed by atoms with van der Waals surface area (Å²) in [5.74, 6) is 0.959. The minimum absolute atomic E-state index is 0.342. The molecule has 0 aromatic heterocycles. The third-order valence-corrected chi connectivity index (χ3v) is 2.92. The molecule has 0 aliphatic rings. The summed E-state index contributed by atoms with van der Waals surface area (Å²) < 4.78 is 5.32. The second-order valence-electron chi connectivity index (χ2n) is 4.08. The molecule has 0 saturated heterocycles. The van der Waals surface area contributed by atoms with Gasteiger partial charge in [-0.15, -0.1) is 0 Å². The Kier molecular flexibility index (Phi) is 4.77. The van der Waals surface area contributed by atoms with Crippen molar-refractivity contribution in [1.82, 2.24) is 10.6 Å². The molecule has 1 rings (SSSR count). The summed E-state index contributed by atoms with van der Waals surface area (Å²) in [7, 11) is 5.67. The van der Waals surface area contributed by atoms with Crippen molar-refractivity contribution in [2.75, 3.05) is 27.7 Å². The normalized spacial score (nSPS) is 12.6. The molecule has 1 unspecified atom stereocenters. The van der Waals surface area contributed by atoms with Crippen molar-refractivity contribution >= 4 is 0 Å². The van der Waals surface area contributed by atoms with Gasteiger partial charge in [0.15, 0.2) is 0 Å². The van der Waals surface area contributed by atoms with E-state index in [0.29, 0.717) is 6.04 Å². The third-order valence-electron chi connectivity index (χ3n) is 2.92. The molecule has 0 radical (unpaired) electrons. The number of hydrogen-bond acceptors (Lipinski definition) is 3. The molecule has 0 saturated carbocycles. The Morgan fingerprint density at radius 3 is 2.38 bits per heavy atom. The first-order chi connectivity index (χ1) is 7.63. The fraction of sp³-hybridized carbons (Fsp3) is 0.538. The highest BCUT2D eigenvalue weighted by molar-refractivity contribution is 5.43. The zero-order chi connectivity index (χ0) is 12.1. The molecular formula is C13H22N2O. The lowest BCUT2D eigenvalue weighted by atomic mass is 9.98. The summed E-state index contributed by atoms with van der Waals surface area (Å²) in [4.78, 5) is 0. The molecule has 2 N–H and O–H groups in total. The van der Waals surface area contributed by atoms with E-state index in [2.05, 4.69) is 36.6 Å². The maximum atomic E-state index is 5.32. The summed E-state index contributed by atoms with van der Waals surface area (Å²) in [6.45, 7) is 5.12. The summed E-state index contributed by atoms with van der Waals surface area (Å²) in [6, 6.07) is 4.65. The van der Waals surface area contributed by atoms with Crippen LogP contribution in [0.1, 0.15) is 22.7 Å². The highest BCUT2D eigenvalue weighted by Crippen LogP contribution is 2.26. The molecule has 0 amide bonds. The Balaban J connectivity index is 3.08. The molecule has 0 spiro atoms. The van der Waals surface area contributed by atoms with Crippen molar-refractivity contribution < 1.29 is 4.74 Å². The molecule has 0 aliphatic carbocycles. The number of rotatable bonds is 5. The van der Waals surface area contributed by atoms with E-state index in [4.69, 9.17) is 4.74 Å². The summed E-state index contributed by atoms with van der Waals surface area (Å²) in [5, 5.41) is 6.52. The zero-order valence-corrected chi connectivity index (χ0v) is 10.8. The molecule has 0 aliphatic heterocycles. The minimum Gasteiger partial charge on any atom is -0.496 e. The number of hydrogen-bond donors (Lipinski definition) is 2. The number of likely N-dealkylation sites (N-methyl/N-ethyl adjacent to an activating group) is 2. The zero-order valence-electron chi connectivity index (χ0n) is 10.8. The Morgan fingerprint density at radius 2 is 1.88 bits per heavy atom. The maximum absolute atomic E-state index is 5.32. The molecule has 0 fully saturated rings. The fourth-order valence-corrected chi connectivity index (χ4v) is 1.98. The van der Waals surface area contributed by atoms with E-state index in [0.717, 1.165) is 12.3 Å². The van der Waals surface area contributed by atoms with Gasteiger partial charge >= 0.3 is 0 Å². The monoisotopic (exact) mass is 222 g/mol. The van der Waals surface area contributed by atoms with Crippen LogP contribution in [0, 0.1) is 13.8 Å². The lowest BCUT2D eigenvalue weighted by Gasteiger charge is -2.20. The van der Waals surface area contributed by atoms with E-state index in [1.165, 1.54) is 16.7 Å². The van der Waals surface area contributed by atoms with Gasteiger partial charge < -0.3 is 15.4 Å². The highest BCUT2D eigenvalue weighted by Gasteiger charge is 2.13. The third kappa shape index (κ3) is 2.74. The van der Waals surface area contributed by atoms with Gasteiger partial charge in [-0.05, 0) is 50.7 Å². The van der Waals surface area contributed by atoms with Gasteiger partial charge in [-0.25, -0.2) is 0 Å². The molecule has 0 bridgehead atoms. The van der Waals surface area contributed by atoms with Gasteiger partial charge in [-0.2, -0.15) is 0 Å². The van der Waals surface area contributed by atoms with E-state index in [9.17, 15) is 0 Å². The lowest BCUT2D eigenvalue weighted by Crippen LogP contribution is -2.28. The van der Waals surface area contributed by atoms with Crippen molar-refractivity contribution in [2.24, 2.45) is 0 Å². The van der Waals surface area contributed by atoms with Crippen LogP contribution in [0.15, 0.2) is 12.1 Å². The molecule has 3 nitrogen and oxygen atoms in total. The minimum atomic E-state index is 0.342. The summed E-state index contributed by atoms with van der Waals surface area (Å²) in [5.41, 5.74) is 3.77. The van der Waals surface area contributed by atoms with Crippen molar-refractivity contribution in [3.63, 3.8) is 0 Å². The maximum Gasteiger partial charge on any atom is 0.122 e. The largest absolute Gasteiger partial charge is 0.496 e. The Hall–Kier alpha value is -1.06.